The van der Waals surface area contributed by atoms with E-state index in [1.54, 1.807) is 0 Å². The van der Waals surface area contributed by atoms with E-state index >= 15 is 0 Å². The quantitative estimate of drug-likeness (QED) is 0.894. The first kappa shape index (κ1) is 15.8. The summed E-state index contributed by atoms with van der Waals surface area (Å²) in [6.07, 6.45) is 6.51. The van der Waals surface area contributed by atoms with Gasteiger partial charge < -0.3 is 15.8 Å². The highest BCUT2D eigenvalue weighted by atomic mass is 32.2. The second-order valence-corrected chi connectivity index (χ2v) is 7.65. The number of hydrogen-bond donors (Lipinski definition) is 2. The van der Waals surface area contributed by atoms with Gasteiger partial charge in [0, 0.05) is 29.0 Å². The number of benzene rings is 1. The van der Waals surface area contributed by atoms with Crippen molar-refractivity contribution in [2.24, 2.45) is 5.73 Å². The number of nitrogens with one attached hydrogen (secondary N) is 1. The van der Waals surface area contributed by atoms with E-state index < -0.39 is 5.54 Å². The van der Waals surface area contributed by atoms with E-state index in [1.165, 1.54) is 30.6 Å². The molecule has 2 aliphatic rings. The predicted molar refractivity (Wildman–Crippen MR) is 90.2 cm³/mol. The second-order valence-electron chi connectivity index (χ2n) is 6.27. The van der Waals surface area contributed by atoms with Crippen LogP contribution in [0.4, 0.5) is 5.69 Å². The van der Waals surface area contributed by atoms with Crippen LogP contribution in [0, 0.1) is 0 Å². The van der Waals surface area contributed by atoms with Crippen LogP contribution in [0.3, 0.4) is 0 Å². The highest BCUT2D eigenvalue weighted by molar-refractivity contribution is 8.00. The molecule has 1 aliphatic carbocycles. The molecule has 1 aliphatic heterocycles. The number of thioether (sulfide) groups is 1. The average molecular weight is 320 g/mol. The van der Waals surface area contributed by atoms with Gasteiger partial charge in [-0.2, -0.15) is 0 Å². The third-order valence-electron chi connectivity index (χ3n) is 4.55. The molecule has 0 spiro atoms. The number of anilines is 1. The van der Waals surface area contributed by atoms with Crippen LogP contribution in [0.5, 0.6) is 0 Å². The SMILES string of the molecule is NC1(C(=O)Nc2ccc(SC3CCCC3)cc2)CCOCC1. The monoisotopic (exact) mass is 320 g/mol. The summed E-state index contributed by atoms with van der Waals surface area (Å²) < 4.78 is 5.28. The van der Waals surface area contributed by atoms with Crippen LogP contribution in [0.1, 0.15) is 38.5 Å². The van der Waals surface area contributed by atoms with Gasteiger partial charge in [-0.15, -0.1) is 11.8 Å². The topological polar surface area (TPSA) is 64.4 Å². The molecule has 4 nitrogen and oxygen atoms in total. The minimum Gasteiger partial charge on any atom is -0.381 e. The summed E-state index contributed by atoms with van der Waals surface area (Å²) in [5.74, 6) is -0.105. The molecule has 1 saturated carbocycles. The summed E-state index contributed by atoms with van der Waals surface area (Å²) in [6.45, 7) is 1.11. The minimum absolute atomic E-state index is 0.105. The molecule has 0 aromatic heterocycles. The molecular weight excluding hydrogens is 296 g/mol. The van der Waals surface area contributed by atoms with E-state index in [0.717, 1.165) is 10.9 Å². The van der Waals surface area contributed by atoms with Gasteiger partial charge in [-0.1, -0.05) is 12.8 Å². The zero-order valence-electron chi connectivity index (χ0n) is 12.8. The fourth-order valence-electron chi connectivity index (χ4n) is 3.03. The molecule has 1 amide bonds. The fraction of sp³-hybridized carbons (Fsp3) is 0.588. The maximum absolute atomic E-state index is 12.4. The summed E-state index contributed by atoms with van der Waals surface area (Å²) >= 11 is 1.95. The maximum Gasteiger partial charge on any atom is 0.244 e. The smallest absolute Gasteiger partial charge is 0.244 e. The fourth-order valence-corrected chi connectivity index (χ4v) is 4.28. The largest absolute Gasteiger partial charge is 0.381 e. The molecule has 22 heavy (non-hydrogen) atoms. The number of carbonyl (C=O) groups excluding carboxylic acids is 1. The number of rotatable bonds is 4. The third kappa shape index (κ3) is 3.83. The van der Waals surface area contributed by atoms with Crippen molar-refractivity contribution >= 4 is 23.4 Å². The first-order chi connectivity index (χ1) is 10.7. The van der Waals surface area contributed by atoms with Gasteiger partial charge in [-0.3, -0.25) is 4.79 Å². The normalized spacial score (nSPS) is 21.7. The zero-order chi connectivity index (χ0) is 15.4. The van der Waals surface area contributed by atoms with Crippen molar-refractivity contribution in [1.82, 2.24) is 0 Å². The molecular formula is C17H24N2O2S. The van der Waals surface area contributed by atoms with Crippen LogP contribution in [0.15, 0.2) is 29.2 Å². The van der Waals surface area contributed by atoms with Gasteiger partial charge >= 0.3 is 0 Å². The number of ether oxygens (including phenoxy) is 1. The Hall–Kier alpha value is -1.04. The Balaban J connectivity index is 1.57. The molecule has 0 bridgehead atoms. The molecule has 2 fully saturated rings. The van der Waals surface area contributed by atoms with Crippen molar-refractivity contribution in [3.8, 4) is 0 Å². The highest BCUT2D eigenvalue weighted by Gasteiger charge is 2.35. The standard InChI is InChI=1S/C17H24N2O2S/c18-17(9-11-21-12-10-17)16(20)19-13-5-7-15(8-6-13)22-14-3-1-2-4-14/h5-8,14H,1-4,9-12,18H2,(H,19,20). The number of nitrogens with two attached hydrogens (primary N) is 1. The summed E-state index contributed by atoms with van der Waals surface area (Å²) in [5.41, 5.74) is 6.21. The zero-order valence-corrected chi connectivity index (χ0v) is 13.7. The van der Waals surface area contributed by atoms with Crippen molar-refractivity contribution in [1.29, 1.82) is 0 Å². The molecule has 0 unspecified atom stereocenters. The summed E-state index contributed by atoms with van der Waals surface area (Å²) in [7, 11) is 0. The molecule has 120 valence electrons. The Morgan fingerprint density at radius 2 is 1.82 bits per heavy atom. The number of carbonyl (C=O) groups is 1. The van der Waals surface area contributed by atoms with Crippen molar-refractivity contribution in [3.63, 3.8) is 0 Å². The lowest BCUT2D eigenvalue weighted by molar-refractivity contribution is -0.124. The lowest BCUT2D eigenvalue weighted by Gasteiger charge is -2.31. The van der Waals surface area contributed by atoms with E-state index in [1.807, 2.05) is 23.9 Å². The van der Waals surface area contributed by atoms with Crippen molar-refractivity contribution in [3.05, 3.63) is 24.3 Å². The molecule has 1 saturated heterocycles. The summed E-state index contributed by atoms with van der Waals surface area (Å²) in [6, 6.07) is 8.12. The van der Waals surface area contributed by atoms with E-state index in [9.17, 15) is 4.79 Å². The lowest BCUT2D eigenvalue weighted by atomic mass is 9.90. The lowest BCUT2D eigenvalue weighted by Crippen LogP contribution is -2.54. The summed E-state index contributed by atoms with van der Waals surface area (Å²) in [5, 5.41) is 3.70. The first-order valence-electron chi connectivity index (χ1n) is 8.10. The molecule has 3 rings (SSSR count). The first-order valence-corrected chi connectivity index (χ1v) is 8.98. The molecule has 5 heteroatoms. The van der Waals surface area contributed by atoms with E-state index in [4.69, 9.17) is 10.5 Å². The van der Waals surface area contributed by atoms with Crippen LogP contribution in [-0.2, 0) is 9.53 Å². The van der Waals surface area contributed by atoms with Crippen LogP contribution >= 0.6 is 11.8 Å². The summed E-state index contributed by atoms with van der Waals surface area (Å²) in [4.78, 5) is 13.6. The molecule has 0 atom stereocenters. The van der Waals surface area contributed by atoms with Crippen LogP contribution in [-0.4, -0.2) is 29.9 Å². The van der Waals surface area contributed by atoms with Crippen molar-refractivity contribution in [2.45, 2.75) is 54.2 Å². The van der Waals surface area contributed by atoms with Gasteiger partial charge in [-0.25, -0.2) is 0 Å². The van der Waals surface area contributed by atoms with Gasteiger partial charge in [0.2, 0.25) is 5.91 Å². The minimum atomic E-state index is -0.796. The highest BCUT2D eigenvalue weighted by Crippen LogP contribution is 2.35. The second kappa shape index (κ2) is 7.02. The van der Waals surface area contributed by atoms with Crippen LogP contribution in [0.25, 0.3) is 0 Å². The molecule has 3 N–H and O–H groups in total. The third-order valence-corrected chi connectivity index (χ3v) is 5.90. The Kier molecular flexibility index (Phi) is 5.06. The van der Waals surface area contributed by atoms with E-state index in [2.05, 4.69) is 17.4 Å². The van der Waals surface area contributed by atoms with Crippen molar-refractivity contribution < 1.29 is 9.53 Å². The van der Waals surface area contributed by atoms with E-state index in [-0.39, 0.29) is 5.91 Å². The predicted octanol–water partition coefficient (Wildman–Crippen LogP) is 3.17. The molecule has 1 aromatic rings. The Labute approximate surface area is 136 Å². The van der Waals surface area contributed by atoms with Gasteiger partial charge in [-0.05, 0) is 49.9 Å². The molecule has 1 aromatic carbocycles. The van der Waals surface area contributed by atoms with Crippen molar-refractivity contribution in [2.75, 3.05) is 18.5 Å². The Morgan fingerprint density at radius 1 is 1.18 bits per heavy atom. The van der Waals surface area contributed by atoms with Crippen LogP contribution in [0.2, 0.25) is 0 Å². The van der Waals surface area contributed by atoms with Crippen LogP contribution < -0.4 is 11.1 Å². The Bertz CT molecular complexity index is 506. The van der Waals surface area contributed by atoms with Gasteiger partial charge in [0.05, 0.1) is 0 Å². The van der Waals surface area contributed by atoms with Gasteiger partial charge in [0.1, 0.15) is 5.54 Å². The molecule has 1 heterocycles. The Morgan fingerprint density at radius 3 is 2.45 bits per heavy atom. The maximum atomic E-state index is 12.4. The number of hydrogen-bond acceptors (Lipinski definition) is 4. The number of amides is 1. The van der Waals surface area contributed by atoms with Gasteiger partial charge in [0.25, 0.3) is 0 Å². The average Bonchev–Trinajstić information content (AvgIpc) is 3.03. The van der Waals surface area contributed by atoms with E-state index in [0.29, 0.717) is 26.1 Å². The molecule has 0 radical (unpaired) electrons. The van der Waals surface area contributed by atoms with Gasteiger partial charge in [0.15, 0.2) is 0 Å².